The summed E-state index contributed by atoms with van der Waals surface area (Å²) in [7, 11) is -3.21. The summed E-state index contributed by atoms with van der Waals surface area (Å²) in [5, 5.41) is 4.32. The molecule has 0 aromatic carbocycles. The maximum absolute atomic E-state index is 10.3. The van der Waals surface area contributed by atoms with E-state index >= 15 is 0 Å². The third kappa shape index (κ3) is 1.06. The topological polar surface area (TPSA) is 58.5 Å². The molecule has 1 aliphatic rings. The molecule has 0 bridgehead atoms. The minimum atomic E-state index is -3.21. The maximum Gasteiger partial charge on any atom is 0.269 e. The quantitative estimate of drug-likeness (QED) is 0.479. The van der Waals surface area contributed by atoms with E-state index in [4.69, 9.17) is 0 Å². The first kappa shape index (κ1) is 5.30. The second kappa shape index (κ2) is 1.59. The van der Waals surface area contributed by atoms with Crippen molar-refractivity contribution in [2.24, 2.45) is 5.10 Å². The highest BCUT2D eigenvalue weighted by atomic mass is 32.2. The van der Waals surface area contributed by atoms with Gasteiger partial charge >= 0.3 is 0 Å². The Morgan fingerprint density at radius 3 is 2.50 bits per heavy atom. The van der Waals surface area contributed by atoms with Crippen LogP contribution in [0, 0.1) is 0 Å². The molecule has 0 saturated heterocycles. The number of allylic oxidation sites excluding steroid dienone is 1. The van der Waals surface area contributed by atoms with Crippen LogP contribution in [0.3, 0.4) is 0 Å². The Balaban J connectivity index is 2.98. The second-order valence-corrected chi connectivity index (χ2v) is 2.79. The molecule has 0 aromatic heterocycles. The van der Waals surface area contributed by atoms with E-state index in [0.29, 0.717) is 0 Å². The minimum absolute atomic E-state index is 1.04. The maximum atomic E-state index is 10.3. The van der Waals surface area contributed by atoms with Gasteiger partial charge in [-0.1, -0.05) is 0 Å². The zero-order valence-electron chi connectivity index (χ0n) is 3.90. The lowest BCUT2D eigenvalue weighted by Gasteiger charge is -1.97. The van der Waals surface area contributed by atoms with Crippen molar-refractivity contribution in [3.8, 4) is 0 Å². The molecule has 1 heterocycles. The van der Waals surface area contributed by atoms with E-state index in [2.05, 4.69) is 5.10 Å². The zero-order chi connectivity index (χ0) is 6.04. The van der Waals surface area contributed by atoms with Gasteiger partial charge in [0.1, 0.15) is 0 Å². The molecule has 1 N–H and O–H groups in total. The molecule has 0 saturated carbocycles. The summed E-state index contributed by atoms with van der Waals surface area (Å²) in [4.78, 5) is 1.91. The summed E-state index contributed by atoms with van der Waals surface area (Å²) in [5.74, 6) is 0. The van der Waals surface area contributed by atoms with Gasteiger partial charge in [0, 0.05) is 6.21 Å². The molecule has 8 heavy (non-hydrogen) atoms. The molecule has 0 fully saturated rings. The molecule has 1 aliphatic heterocycles. The minimum Gasteiger partial charge on any atom is -0.201 e. The predicted octanol–water partition coefficient (Wildman–Crippen LogP) is -0.581. The third-order valence-corrected chi connectivity index (χ3v) is 1.47. The molecule has 4 nitrogen and oxygen atoms in total. The summed E-state index contributed by atoms with van der Waals surface area (Å²) in [5.41, 5.74) is 0. The monoisotopic (exact) mass is 132 g/mol. The van der Waals surface area contributed by atoms with Crippen LogP contribution in [-0.4, -0.2) is 14.6 Å². The van der Waals surface area contributed by atoms with Crippen molar-refractivity contribution in [3.63, 3.8) is 0 Å². The van der Waals surface area contributed by atoms with Crippen LogP contribution in [0.25, 0.3) is 0 Å². The van der Waals surface area contributed by atoms with Gasteiger partial charge in [0.25, 0.3) is 10.0 Å². The molecule has 0 aromatic rings. The van der Waals surface area contributed by atoms with Gasteiger partial charge in [0.15, 0.2) is 0 Å². The van der Waals surface area contributed by atoms with Crippen molar-refractivity contribution in [2.45, 2.75) is 0 Å². The van der Waals surface area contributed by atoms with Crippen molar-refractivity contribution in [2.75, 3.05) is 0 Å². The van der Waals surface area contributed by atoms with Crippen LogP contribution < -0.4 is 4.83 Å². The molecule has 5 heteroatoms. The Morgan fingerprint density at radius 2 is 2.25 bits per heavy atom. The summed E-state index contributed by atoms with van der Waals surface area (Å²) in [6.07, 6.45) is 2.72. The molecule has 1 rings (SSSR count). The number of nitrogens with zero attached hydrogens (tertiary/aromatic N) is 1. The van der Waals surface area contributed by atoms with E-state index in [1.54, 1.807) is 0 Å². The Labute approximate surface area is 46.9 Å². The van der Waals surface area contributed by atoms with Crippen molar-refractivity contribution >= 4 is 16.2 Å². The zero-order valence-corrected chi connectivity index (χ0v) is 4.72. The van der Waals surface area contributed by atoms with Crippen molar-refractivity contribution in [1.82, 2.24) is 4.83 Å². The van der Waals surface area contributed by atoms with E-state index in [-0.39, 0.29) is 0 Å². The van der Waals surface area contributed by atoms with E-state index in [0.717, 1.165) is 5.41 Å². The van der Waals surface area contributed by atoms with Crippen molar-refractivity contribution in [3.05, 3.63) is 11.5 Å². The molecule has 0 spiro atoms. The lowest BCUT2D eigenvalue weighted by Crippen LogP contribution is -2.16. The van der Waals surface area contributed by atoms with Gasteiger partial charge in [0.2, 0.25) is 0 Å². The van der Waals surface area contributed by atoms with Crippen LogP contribution in [0.2, 0.25) is 0 Å². The first-order valence-electron chi connectivity index (χ1n) is 1.92. The van der Waals surface area contributed by atoms with E-state index in [1.807, 2.05) is 4.83 Å². The number of hydrazone groups is 1. The number of hydrogen-bond donors (Lipinski definition) is 1. The fourth-order valence-electron chi connectivity index (χ4n) is 0.316. The lowest BCUT2D eigenvalue weighted by atomic mass is 10.7. The van der Waals surface area contributed by atoms with Crippen molar-refractivity contribution < 1.29 is 8.42 Å². The van der Waals surface area contributed by atoms with Crippen LogP contribution in [-0.2, 0) is 10.0 Å². The van der Waals surface area contributed by atoms with E-state index in [9.17, 15) is 8.42 Å². The SMILES string of the molecule is O=S1(=O)C=CC=NN1. The molecule has 44 valence electrons. The fraction of sp³-hybridized carbons (Fsp3) is 0. The van der Waals surface area contributed by atoms with Gasteiger partial charge in [-0.05, 0) is 6.08 Å². The molecular formula is C3H4N2O2S. The highest BCUT2D eigenvalue weighted by molar-refractivity contribution is 7.92. The van der Waals surface area contributed by atoms with Gasteiger partial charge in [-0.3, -0.25) is 0 Å². The molecule has 0 aliphatic carbocycles. The highest BCUT2D eigenvalue weighted by Crippen LogP contribution is 1.88. The normalized spacial score (nSPS) is 22.5. The van der Waals surface area contributed by atoms with Gasteiger partial charge < -0.3 is 0 Å². The summed E-state index contributed by atoms with van der Waals surface area (Å²) in [6, 6.07) is 0. The molecule has 0 amide bonds. The third-order valence-electron chi connectivity index (χ3n) is 0.598. The Kier molecular flexibility index (Phi) is 1.05. The molecule has 0 atom stereocenters. The van der Waals surface area contributed by atoms with Crippen LogP contribution in [0.1, 0.15) is 0 Å². The average molecular weight is 132 g/mol. The summed E-state index contributed by atoms with van der Waals surface area (Å²) >= 11 is 0. The predicted molar refractivity (Wildman–Crippen MR) is 29.7 cm³/mol. The van der Waals surface area contributed by atoms with Gasteiger partial charge in [0.05, 0.1) is 5.41 Å². The Morgan fingerprint density at radius 1 is 1.50 bits per heavy atom. The van der Waals surface area contributed by atoms with Gasteiger partial charge in [-0.25, -0.2) is 13.2 Å². The van der Waals surface area contributed by atoms with Crippen LogP contribution in [0.5, 0.6) is 0 Å². The van der Waals surface area contributed by atoms with Crippen LogP contribution in [0.15, 0.2) is 16.6 Å². The summed E-state index contributed by atoms with van der Waals surface area (Å²) in [6.45, 7) is 0. The van der Waals surface area contributed by atoms with Gasteiger partial charge in [-0.15, -0.1) is 0 Å². The number of rotatable bonds is 0. The van der Waals surface area contributed by atoms with E-state index in [1.165, 1.54) is 12.3 Å². The Bertz CT molecular complexity index is 226. The fourth-order valence-corrected chi connectivity index (χ4v) is 0.862. The first-order valence-corrected chi connectivity index (χ1v) is 3.47. The second-order valence-electron chi connectivity index (χ2n) is 1.24. The molecular weight excluding hydrogens is 128 g/mol. The standard InChI is InChI=1S/C3H4N2O2S/c6-8(7)3-1-2-4-5-8/h1-3,5H. The lowest BCUT2D eigenvalue weighted by molar-refractivity contribution is 0.593. The highest BCUT2D eigenvalue weighted by Gasteiger charge is 2.01. The first-order chi connectivity index (χ1) is 3.71. The number of sulfonamides is 1. The largest absolute Gasteiger partial charge is 0.269 e. The average Bonchev–Trinajstić information content (AvgIpc) is 1.65. The van der Waals surface area contributed by atoms with Gasteiger partial charge in [-0.2, -0.15) is 5.10 Å². The number of nitrogens with one attached hydrogen (secondary N) is 1. The van der Waals surface area contributed by atoms with Crippen molar-refractivity contribution in [1.29, 1.82) is 0 Å². The van der Waals surface area contributed by atoms with E-state index < -0.39 is 10.0 Å². The Hall–Kier alpha value is -0.840. The van der Waals surface area contributed by atoms with Crippen LogP contribution >= 0.6 is 0 Å². The smallest absolute Gasteiger partial charge is 0.201 e. The number of hydrogen-bond acceptors (Lipinski definition) is 3. The summed E-state index contributed by atoms with van der Waals surface area (Å²) < 4.78 is 20.7. The van der Waals surface area contributed by atoms with Crippen LogP contribution in [0.4, 0.5) is 0 Å². The molecule has 0 unspecified atom stereocenters. The molecule has 0 radical (unpaired) electrons.